The van der Waals surface area contributed by atoms with Crippen molar-refractivity contribution >= 4 is 0 Å². The van der Waals surface area contributed by atoms with Crippen molar-refractivity contribution in [3.05, 3.63) is 35.6 Å². The minimum atomic E-state index is -0.153. The van der Waals surface area contributed by atoms with Crippen molar-refractivity contribution in [2.75, 3.05) is 19.6 Å². The van der Waals surface area contributed by atoms with Gasteiger partial charge in [0, 0.05) is 12.1 Å². The number of hydrogen-bond acceptors (Lipinski definition) is 2. The highest BCUT2D eigenvalue weighted by atomic mass is 19.1. The molecule has 2 nitrogen and oxygen atoms in total. The Labute approximate surface area is 122 Å². The van der Waals surface area contributed by atoms with Crippen LogP contribution in [0.5, 0.6) is 0 Å². The normalized spacial score (nSPS) is 20.8. The molecule has 1 N–H and O–H groups in total. The lowest BCUT2D eigenvalue weighted by atomic mass is 9.89. The largest absolute Gasteiger partial charge is 0.307 e. The lowest BCUT2D eigenvalue weighted by Crippen LogP contribution is -2.42. The van der Waals surface area contributed by atoms with Crippen LogP contribution >= 0.6 is 0 Å². The van der Waals surface area contributed by atoms with E-state index < -0.39 is 0 Å². The summed E-state index contributed by atoms with van der Waals surface area (Å²) < 4.78 is 13.3. The molecule has 1 aromatic carbocycles. The summed E-state index contributed by atoms with van der Waals surface area (Å²) in [6.07, 6.45) is 2.52. The van der Waals surface area contributed by atoms with Crippen molar-refractivity contribution in [2.45, 2.75) is 45.7 Å². The second-order valence-electron chi connectivity index (χ2n) is 6.00. The molecule has 1 fully saturated rings. The fourth-order valence-corrected chi connectivity index (χ4v) is 3.17. The quantitative estimate of drug-likeness (QED) is 0.885. The first-order valence-corrected chi connectivity index (χ1v) is 7.84. The first kappa shape index (κ1) is 15.5. The van der Waals surface area contributed by atoms with E-state index in [-0.39, 0.29) is 11.9 Å². The van der Waals surface area contributed by atoms with Crippen molar-refractivity contribution in [3.8, 4) is 0 Å². The molecule has 1 aliphatic heterocycles. The number of hydrogen-bond donors (Lipinski definition) is 1. The molecular weight excluding hydrogens is 251 g/mol. The van der Waals surface area contributed by atoms with Crippen LogP contribution in [0.3, 0.4) is 0 Å². The van der Waals surface area contributed by atoms with Gasteiger partial charge >= 0.3 is 0 Å². The van der Waals surface area contributed by atoms with E-state index in [1.165, 1.54) is 32.0 Å². The molecule has 0 amide bonds. The summed E-state index contributed by atoms with van der Waals surface area (Å²) in [6.45, 7) is 10.2. The summed E-state index contributed by atoms with van der Waals surface area (Å²) in [5.41, 5.74) is 1.03. The molecule has 0 saturated carbocycles. The molecule has 0 spiro atoms. The third-order valence-electron chi connectivity index (χ3n) is 4.65. The first-order valence-electron chi connectivity index (χ1n) is 7.84. The van der Waals surface area contributed by atoms with Crippen LogP contribution in [0.25, 0.3) is 0 Å². The zero-order chi connectivity index (χ0) is 14.5. The number of piperidine rings is 1. The standard InChI is InChI=1S/C17H27FN2/c1-4-20-10-8-15(9-11-20)13(2)19-14(3)16-6-5-7-17(18)12-16/h5-7,12-15,19H,4,8-11H2,1-3H3/t13?,14-/m0/s1. The maximum absolute atomic E-state index is 13.3. The third kappa shape index (κ3) is 4.03. The minimum absolute atomic E-state index is 0.153. The van der Waals surface area contributed by atoms with Gasteiger partial charge in [-0.3, -0.25) is 0 Å². The maximum Gasteiger partial charge on any atom is 0.123 e. The SMILES string of the molecule is CCN1CCC(C(C)N[C@@H](C)c2cccc(F)c2)CC1. The van der Waals surface area contributed by atoms with Gasteiger partial charge in [0.15, 0.2) is 0 Å². The third-order valence-corrected chi connectivity index (χ3v) is 4.65. The van der Waals surface area contributed by atoms with E-state index in [2.05, 4.69) is 31.0 Å². The van der Waals surface area contributed by atoms with Gasteiger partial charge in [0.1, 0.15) is 5.82 Å². The van der Waals surface area contributed by atoms with E-state index in [0.717, 1.165) is 18.0 Å². The highest BCUT2D eigenvalue weighted by Crippen LogP contribution is 2.23. The Morgan fingerprint density at radius 1 is 1.30 bits per heavy atom. The number of rotatable bonds is 5. The van der Waals surface area contributed by atoms with Crippen LogP contribution < -0.4 is 5.32 Å². The Morgan fingerprint density at radius 3 is 2.60 bits per heavy atom. The maximum atomic E-state index is 13.3. The zero-order valence-corrected chi connectivity index (χ0v) is 12.9. The monoisotopic (exact) mass is 278 g/mol. The Morgan fingerprint density at radius 2 is 2.00 bits per heavy atom. The second-order valence-corrected chi connectivity index (χ2v) is 6.00. The first-order chi connectivity index (χ1) is 9.60. The summed E-state index contributed by atoms with van der Waals surface area (Å²) >= 11 is 0. The molecule has 0 aromatic heterocycles. The van der Waals surface area contributed by atoms with Crippen molar-refractivity contribution in [3.63, 3.8) is 0 Å². The van der Waals surface area contributed by atoms with Gasteiger partial charge in [-0.2, -0.15) is 0 Å². The molecule has 112 valence electrons. The number of likely N-dealkylation sites (tertiary alicyclic amines) is 1. The number of halogens is 1. The summed E-state index contributed by atoms with van der Waals surface area (Å²) in [5, 5.41) is 3.64. The minimum Gasteiger partial charge on any atom is -0.307 e. The van der Waals surface area contributed by atoms with Crippen molar-refractivity contribution in [1.29, 1.82) is 0 Å². The van der Waals surface area contributed by atoms with Crippen molar-refractivity contribution < 1.29 is 4.39 Å². The van der Waals surface area contributed by atoms with E-state index >= 15 is 0 Å². The number of nitrogens with zero attached hydrogens (tertiary/aromatic N) is 1. The Kier molecular flexibility index (Phi) is 5.55. The van der Waals surface area contributed by atoms with Crippen LogP contribution in [0.4, 0.5) is 4.39 Å². The predicted molar refractivity (Wildman–Crippen MR) is 82.3 cm³/mol. The molecule has 0 radical (unpaired) electrons. The molecule has 20 heavy (non-hydrogen) atoms. The topological polar surface area (TPSA) is 15.3 Å². The van der Waals surface area contributed by atoms with Gasteiger partial charge in [0.25, 0.3) is 0 Å². The summed E-state index contributed by atoms with van der Waals surface area (Å²) in [6, 6.07) is 7.59. The van der Waals surface area contributed by atoms with E-state index in [1.807, 2.05) is 6.07 Å². The number of nitrogens with one attached hydrogen (secondary N) is 1. The van der Waals surface area contributed by atoms with Gasteiger partial charge in [-0.1, -0.05) is 19.1 Å². The smallest absolute Gasteiger partial charge is 0.123 e. The van der Waals surface area contributed by atoms with Crippen LogP contribution in [-0.4, -0.2) is 30.6 Å². The summed E-state index contributed by atoms with van der Waals surface area (Å²) in [7, 11) is 0. The predicted octanol–water partition coefficient (Wildman–Crippen LogP) is 3.60. The van der Waals surface area contributed by atoms with Crippen LogP contribution in [-0.2, 0) is 0 Å². The van der Waals surface area contributed by atoms with Crippen molar-refractivity contribution in [2.24, 2.45) is 5.92 Å². The van der Waals surface area contributed by atoms with Gasteiger partial charge in [0.05, 0.1) is 0 Å². The highest BCUT2D eigenvalue weighted by molar-refractivity contribution is 5.19. The molecule has 2 rings (SSSR count). The van der Waals surface area contributed by atoms with Gasteiger partial charge in [-0.05, 0) is 69.9 Å². The lowest BCUT2D eigenvalue weighted by molar-refractivity contribution is 0.165. The zero-order valence-electron chi connectivity index (χ0n) is 12.9. The van der Waals surface area contributed by atoms with Crippen molar-refractivity contribution in [1.82, 2.24) is 10.2 Å². The molecule has 2 atom stereocenters. The molecule has 1 aliphatic rings. The average Bonchev–Trinajstić information content (AvgIpc) is 2.47. The van der Waals surface area contributed by atoms with Gasteiger partial charge in [-0.15, -0.1) is 0 Å². The van der Waals surface area contributed by atoms with E-state index in [1.54, 1.807) is 12.1 Å². The lowest BCUT2D eigenvalue weighted by Gasteiger charge is -2.35. The van der Waals surface area contributed by atoms with E-state index in [9.17, 15) is 4.39 Å². The molecule has 1 aromatic rings. The molecule has 3 heteroatoms. The molecular formula is C17H27FN2. The van der Waals surface area contributed by atoms with Gasteiger partial charge in [-0.25, -0.2) is 4.39 Å². The highest BCUT2D eigenvalue weighted by Gasteiger charge is 2.24. The second kappa shape index (κ2) is 7.19. The fourth-order valence-electron chi connectivity index (χ4n) is 3.17. The van der Waals surface area contributed by atoms with E-state index in [4.69, 9.17) is 0 Å². The summed E-state index contributed by atoms with van der Waals surface area (Å²) in [4.78, 5) is 2.51. The van der Waals surface area contributed by atoms with Crippen LogP contribution in [0.1, 0.15) is 45.2 Å². The molecule has 0 bridgehead atoms. The molecule has 1 unspecified atom stereocenters. The molecule has 1 saturated heterocycles. The molecule has 1 heterocycles. The van der Waals surface area contributed by atoms with E-state index in [0.29, 0.717) is 6.04 Å². The summed E-state index contributed by atoms with van der Waals surface area (Å²) in [5.74, 6) is 0.578. The van der Waals surface area contributed by atoms with Crippen LogP contribution in [0.2, 0.25) is 0 Å². The Hall–Kier alpha value is -0.930. The Bertz CT molecular complexity index is 413. The number of benzene rings is 1. The Balaban J connectivity index is 1.86. The molecule has 0 aliphatic carbocycles. The van der Waals surface area contributed by atoms with Crippen LogP contribution in [0, 0.1) is 11.7 Å². The van der Waals surface area contributed by atoms with Gasteiger partial charge in [0.2, 0.25) is 0 Å². The fraction of sp³-hybridized carbons (Fsp3) is 0.647. The van der Waals surface area contributed by atoms with Crippen LogP contribution in [0.15, 0.2) is 24.3 Å². The van der Waals surface area contributed by atoms with Gasteiger partial charge < -0.3 is 10.2 Å². The average molecular weight is 278 g/mol.